The van der Waals surface area contributed by atoms with Crippen molar-refractivity contribution in [3.8, 4) is 11.3 Å². The minimum absolute atomic E-state index is 0.154. The van der Waals surface area contributed by atoms with Crippen LogP contribution in [0.3, 0.4) is 0 Å². The fourth-order valence-corrected chi connectivity index (χ4v) is 4.40. The fourth-order valence-electron chi connectivity index (χ4n) is 2.61. The summed E-state index contributed by atoms with van der Waals surface area (Å²) in [7, 11) is -3.31. The van der Waals surface area contributed by atoms with E-state index < -0.39 is 15.1 Å². The summed E-state index contributed by atoms with van der Waals surface area (Å²) in [4.78, 5) is 17.0. The van der Waals surface area contributed by atoms with Crippen LogP contribution < -0.4 is 5.32 Å². The van der Waals surface area contributed by atoms with Gasteiger partial charge < -0.3 is 5.32 Å². The highest BCUT2D eigenvalue weighted by molar-refractivity contribution is 7.92. The van der Waals surface area contributed by atoms with Crippen LogP contribution >= 0.6 is 11.3 Å². The Bertz CT molecular complexity index is 1070. The second kappa shape index (κ2) is 8.24. The second-order valence-electron chi connectivity index (χ2n) is 6.87. The lowest BCUT2D eigenvalue weighted by atomic mass is 10.1. The van der Waals surface area contributed by atoms with E-state index in [0.717, 1.165) is 16.8 Å². The Kier molecular flexibility index (Phi) is 5.96. The quantitative estimate of drug-likeness (QED) is 0.645. The number of nitrogens with zero attached hydrogens (tertiary/aromatic N) is 1. The molecule has 5 nitrogen and oxygen atoms in total. The number of nitrogens with one attached hydrogen (secondary N) is 1. The normalized spacial score (nSPS) is 11.6. The summed E-state index contributed by atoms with van der Waals surface area (Å²) in [6, 6.07) is 14.5. The van der Waals surface area contributed by atoms with Crippen LogP contribution in [0.25, 0.3) is 11.3 Å². The van der Waals surface area contributed by atoms with E-state index in [1.54, 1.807) is 38.1 Å². The molecule has 0 atom stereocenters. The van der Waals surface area contributed by atoms with E-state index >= 15 is 0 Å². The van der Waals surface area contributed by atoms with Crippen LogP contribution in [0.4, 0.5) is 5.13 Å². The Hall–Kier alpha value is -2.51. The van der Waals surface area contributed by atoms with Crippen molar-refractivity contribution in [1.29, 1.82) is 0 Å². The molecule has 0 aliphatic rings. The van der Waals surface area contributed by atoms with E-state index in [-0.39, 0.29) is 17.2 Å². The van der Waals surface area contributed by atoms with Gasteiger partial charge in [-0.2, -0.15) is 0 Å². The lowest BCUT2D eigenvalue weighted by Crippen LogP contribution is -2.15. The molecule has 7 heteroatoms. The van der Waals surface area contributed by atoms with Gasteiger partial charge in [-0.1, -0.05) is 42.0 Å². The predicted octanol–water partition coefficient (Wildman–Crippen LogP) is 4.48. The first kappa shape index (κ1) is 20.2. The molecule has 3 aromatic rings. The van der Waals surface area contributed by atoms with Crippen molar-refractivity contribution in [2.75, 3.05) is 5.32 Å². The summed E-state index contributed by atoms with van der Waals surface area (Å²) in [5.74, 6) is -0.190. The number of hydrogen-bond acceptors (Lipinski definition) is 5. The Balaban J connectivity index is 1.64. The summed E-state index contributed by atoms with van der Waals surface area (Å²) in [5, 5.41) is 4.78. The van der Waals surface area contributed by atoms with Crippen molar-refractivity contribution in [2.45, 2.75) is 37.3 Å². The first-order valence-electron chi connectivity index (χ1n) is 8.91. The van der Waals surface area contributed by atoms with Gasteiger partial charge in [0.25, 0.3) is 0 Å². The number of carbonyl (C=O) groups is 1. The Morgan fingerprint density at radius 2 is 1.71 bits per heavy atom. The molecule has 0 unspecified atom stereocenters. The van der Waals surface area contributed by atoms with Crippen molar-refractivity contribution >= 4 is 32.2 Å². The molecule has 0 fully saturated rings. The molecule has 0 saturated carbocycles. The molecule has 0 bridgehead atoms. The van der Waals surface area contributed by atoms with Gasteiger partial charge in [-0.15, -0.1) is 11.3 Å². The zero-order valence-electron chi connectivity index (χ0n) is 16.0. The maximum Gasteiger partial charge on any atom is 0.230 e. The third-order valence-electron chi connectivity index (χ3n) is 4.34. The van der Waals surface area contributed by atoms with Crippen LogP contribution in [-0.2, 0) is 21.1 Å². The number of rotatable bonds is 6. The highest BCUT2D eigenvalue weighted by Crippen LogP contribution is 2.25. The van der Waals surface area contributed by atoms with Crippen molar-refractivity contribution < 1.29 is 13.2 Å². The molecule has 0 saturated heterocycles. The predicted molar refractivity (Wildman–Crippen MR) is 113 cm³/mol. The molecule has 1 aromatic heterocycles. The van der Waals surface area contributed by atoms with E-state index in [0.29, 0.717) is 5.13 Å². The van der Waals surface area contributed by atoms with E-state index in [9.17, 15) is 13.2 Å². The molecular formula is C21H22N2O3S2. The molecule has 0 radical (unpaired) electrons. The highest BCUT2D eigenvalue weighted by atomic mass is 32.2. The molecule has 1 heterocycles. The SMILES string of the molecule is Cc1ccc(-c2csc(NC(=O)Cc3ccc(S(=O)(=O)C(C)C)cc3)n2)cc1. The topological polar surface area (TPSA) is 76.1 Å². The summed E-state index contributed by atoms with van der Waals surface area (Å²) in [6.45, 7) is 5.33. The number of thiazole rings is 1. The van der Waals surface area contributed by atoms with Crippen LogP contribution in [0.2, 0.25) is 0 Å². The smallest absolute Gasteiger partial charge is 0.230 e. The molecule has 0 spiro atoms. The highest BCUT2D eigenvalue weighted by Gasteiger charge is 2.19. The lowest BCUT2D eigenvalue weighted by molar-refractivity contribution is -0.115. The van der Waals surface area contributed by atoms with Crippen LogP contribution in [-0.4, -0.2) is 24.6 Å². The van der Waals surface area contributed by atoms with Crippen LogP contribution in [0.1, 0.15) is 25.0 Å². The first-order chi connectivity index (χ1) is 13.3. The Morgan fingerprint density at radius 1 is 1.07 bits per heavy atom. The average molecular weight is 415 g/mol. The summed E-state index contributed by atoms with van der Waals surface area (Å²) in [6.07, 6.45) is 0.154. The van der Waals surface area contributed by atoms with Gasteiger partial charge in [0.05, 0.1) is 22.3 Å². The maximum absolute atomic E-state index is 12.3. The van der Waals surface area contributed by atoms with Crippen molar-refractivity contribution in [3.63, 3.8) is 0 Å². The lowest BCUT2D eigenvalue weighted by Gasteiger charge is -2.08. The molecule has 0 aliphatic heterocycles. The number of benzene rings is 2. The molecule has 28 heavy (non-hydrogen) atoms. The van der Waals surface area contributed by atoms with E-state index in [4.69, 9.17) is 0 Å². The number of hydrogen-bond donors (Lipinski definition) is 1. The minimum Gasteiger partial charge on any atom is -0.302 e. The molecule has 0 aliphatic carbocycles. The molecule has 3 rings (SSSR count). The number of aryl methyl sites for hydroxylation is 1. The standard InChI is InChI=1S/C21H22N2O3S2/c1-14(2)28(25,26)18-10-6-16(7-11-18)12-20(24)23-21-22-19(13-27-21)17-8-4-15(3)5-9-17/h4-11,13-14H,12H2,1-3H3,(H,22,23,24). The van der Waals surface area contributed by atoms with E-state index in [2.05, 4.69) is 10.3 Å². The molecule has 2 aromatic carbocycles. The largest absolute Gasteiger partial charge is 0.302 e. The third kappa shape index (κ3) is 4.66. The zero-order chi connectivity index (χ0) is 20.3. The van der Waals surface area contributed by atoms with Crippen LogP contribution in [0.5, 0.6) is 0 Å². The van der Waals surface area contributed by atoms with E-state index in [1.165, 1.54) is 16.9 Å². The first-order valence-corrected chi connectivity index (χ1v) is 11.3. The summed E-state index contributed by atoms with van der Waals surface area (Å²) >= 11 is 1.37. The minimum atomic E-state index is -3.31. The van der Waals surface area contributed by atoms with Crippen molar-refractivity contribution in [3.05, 3.63) is 65.0 Å². The van der Waals surface area contributed by atoms with Gasteiger partial charge in [0.2, 0.25) is 5.91 Å². The summed E-state index contributed by atoms with van der Waals surface area (Å²) < 4.78 is 24.3. The Morgan fingerprint density at radius 3 is 2.32 bits per heavy atom. The van der Waals surface area contributed by atoms with Crippen molar-refractivity contribution in [2.24, 2.45) is 0 Å². The third-order valence-corrected chi connectivity index (χ3v) is 7.26. The van der Waals surface area contributed by atoms with Crippen molar-refractivity contribution in [1.82, 2.24) is 4.98 Å². The van der Waals surface area contributed by atoms with Gasteiger partial charge in [-0.05, 0) is 38.5 Å². The number of carbonyl (C=O) groups excluding carboxylic acids is 1. The van der Waals surface area contributed by atoms with Gasteiger partial charge in [0, 0.05) is 10.9 Å². The zero-order valence-corrected chi connectivity index (χ0v) is 17.6. The molecular weight excluding hydrogens is 392 g/mol. The molecule has 1 amide bonds. The van der Waals surface area contributed by atoms with Gasteiger partial charge in [-0.25, -0.2) is 13.4 Å². The molecule has 146 valence electrons. The van der Waals surface area contributed by atoms with Gasteiger partial charge in [-0.3, -0.25) is 4.79 Å². The van der Waals surface area contributed by atoms with Crippen LogP contribution in [0.15, 0.2) is 58.8 Å². The second-order valence-corrected chi connectivity index (χ2v) is 10.2. The van der Waals surface area contributed by atoms with Gasteiger partial charge in [0.15, 0.2) is 15.0 Å². The number of sulfone groups is 1. The molecule has 1 N–H and O–H groups in total. The monoisotopic (exact) mass is 414 g/mol. The maximum atomic E-state index is 12.3. The Labute approximate surface area is 169 Å². The average Bonchev–Trinajstić information content (AvgIpc) is 3.11. The van der Waals surface area contributed by atoms with Gasteiger partial charge in [0.1, 0.15) is 0 Å². The number of aromatic nitrogens is 1. The van der Waals surface area contributed by atoms with Crippen LogP contribution in [0, 0.1) is 6.92 Å². The fraction of sp³-hybridized carbons (Fsp3) is 0.238. The van der Waals surface area contributed by atoms with E-state index in [1.807, 2.05) is 36.6 Å². The number of anilines is 1. The van der Waals surface area contributed by atoms with Gasteiger partial charge >= 0.3 is 0 Å². The summed E-state index contributed by atoms with van der Waals surface area (Å²) in [5.41, 5.74) is 3.75. The number of amides is 1.